The SMILES string of the molecule is CC1CCN(C(=O)Cn2c(C(C)O)nc3ccccc32)CC1. The molecule has 0 radical (unpaired) electrons. The van der Waals surface area contributed by atoms with Gasteiger partial charge in [0.15, 0.2) is 0 Å². The molecule has 1 aliphatic rings. The van der Waals surface area contributed by atoms with E-state index in [2.05, 4.69) is 11.9 Å². The van der Waals surface area contributed by atoms with Crippen molar-refractivity contribution in [1.82, 2.24) is 14.5 Å². The van der Waals surface area contributed by atoms with Gasteiger partial charge in [0.2, 0.25) is 5.91 Å². The molecule has 1 atom stereocenters. The highest BCUT2D eigenvalue weighted by molar-refractivity contribution is 5.81. The minimum Gasteiger partial charge on any atom is -0.385 e. The van der Waals surface area contributed by atoms with Crippen LogP contribution in [0.2, 0.25) is 0 Å². The quantitative estimate of drug-likeness (QED) is 0.946. The molecule has 1 aromatic carbocycles. The number of carbonyl (C=O) groups is 1. The molecule has 1 N–H and O–H groups in total. The number of imidazole rings is 1. The van der Waals surface area contributed by atoms with Gasteiger partial charge in [0, 0.05) is 13.1 Å². The van der Waals surface area contributed by atoms with Crippen LogP contribution in [0.5, 0.6) is 0 Å². The highest BCUT2D eigenvalue weighted by Crippen LogP contribution is 2.22. The number of amides is 1. The Bertz CT molecular complexity index is 670. The molecule has 1 aliphatic heterocycles. The maximum atomic E-state index is 12.6. The van der Waals surface area contributed by atoms with E-state index >= 15 is 0 Å². The molecule has 3 rings (SSSR count). The molecule has 118 valence electrons. The van der Waals surface area contributed by atoms with Crippen molar-refractivity contribution in [3.8, 4) is 0 Å². The molecule has 0 bridgehead atoms. The van der Waals surface area contributed by atoms with Gasteiger partial charge in [0.05, 0.1) is 11.0 Å². The minimum absolute atomic E-state index is 0.108. The minimum atomic E-state index is -0.693. The van der Waals surface area contributed by atoms with E-state index in [-0.39, 0.29) is 12.5 Å². The Hall–Kier alpha value is -1.88. The van der Waals surface area contributed by atoms with Gasteiger partial charge in [-0.3, -0.25) is 4.79 Å². The van der Waals surface area contributed by atoms with Crippen molar-refractivity contribution in [2.45, 2.75) is 39.3 Å². The van der Waals surface area contributed by atoms with Crippen LogP contribution in [0, 0.1) is 5.92 Å². The molecule has 0 aliphatic carbocycles. The van der Waals surface area contributed by atoms with E-state index in [0.717, 1.165) is 37.0 Å². The van der Waals surface area contributed by atoms with Crippen LogP contribution in [0.3, 0.4) is 0 Å². The van der Waals surface area contributed by atoms with Crippen molar-refractivity contribution in [1.29, 1.82) is 0 Å². The molecule has 0 saturated carbocycles. The van der Waals surface area contributed by atoms with Crippen molar-refractivity contribution in [2.75, 3.05) is 13.1 Å². The van der Waals surface area contributed by atoms with Crippen LogP contribution in [0.25, 0.3) is 11.0 Å². The van der Waals surface area contributed by atoms with Crippen LogP contribution in [-0.2, 0) is 11.3 Å². The topological polar surface area (TPSA) is 58.4 Å². The fourth-order valence-corrected chi connectivity index (χ4v) is 3.07. The van der Waals surface area contributed by atoms with Crippen molar-refractivity contribution in [3.63, 3.8) is 0 Å². The van der Waals surface area contributed by atoms with Gasteiger partial charge in [0.1, 0.15) is 18.5 Å². The third-order valence-corrected chi connectivity index (χ3v) is 4.49. The second kappa shape index (κ2) is 6.08. The predicted octanol–water partition coefficient (Wildman–Crippen LogP) is 2.35. The molecule has 1 amide bonds. The lowest BCUT2D eigenvalue weighted by Gasteiger charge is -2.30. The number of likely N-dealkylation sites (tertiary alicyclic amines) is 1. The summed E-state index contributed by atoms with van der Waals surface area (Å²) in [5.74, 6) is 1.36. The van der Waals surface area contributed by atoms with E-state index in [1.54, 1.807) is 6.92 Å². The summed E-state index contributed by atoms with van der Waals surface area (Å²) in [7, 11) is 0. The van der Waals surface area contributed by atoms with Gasteiger partial charge in [-0.15, -0.1) is 0 Å². The molecule has 2 aromatic rings. The Morgan fingerprint density at radius 1 is 1.36 bits per heavy atom. The van der Waals surface area contributed by atoms with Gasteiger partial charge in [-0.1, -0.05) is 19.1 Å². The zero-order valence-corrected chi connectivity index (χ0v) is 13.2. The summed E-state index contributed by atoms with van der Waals surface area (Å²) in [6, 6.07) is 7.70. The van der Waals surface area contributed by atoms with Gasteiger partial charge in [-0.25, -0.2) is 4.98 Å². The first kappa shape index (κ1) is 15.0. The molecule has 1 aromatic heterocycles. The van der Waals surface area contributed by atoms with Gasteiger partial charge < -0.3 is 14.6 Å². The van der Waals surface area contributed by atoms with Crippen molar-refractivity contribution >= 4 is 16.9 Å². The summed E-state index contributed by atoms with van der Waals surface area (Å²) in [5, 5.41) is 9.96. The molecule has 1 unspecified atom stereocenters. The molecule has 5 nitrogen and oxygen atoms in total. The van der Waals surface area contributed by atoms with E-state index in [4.69, 9.17) is 0 Å². The number of aliphatic hydroxyl groups is 1. The first-order chi connectivity index (χ1) is 10.6. The summed E-state index contributed by atoms with van der Waals surface area (Å²) in [4.78, 5) is 19.0. The second-order valence-electron chi connectivity index (χ2n) is 6.28. The molecular formula is C17H23N3O2. The fraction of sp³-hybridized carbons (Fsp3) is 0.529. The Kier molecular flexibility index (Phi) is 4.16. The molecule has 1 fully saturated rings. The first-order valence-electron chi connectivity index (χ1n) is 7.97. The molecule has 2 heterocycles. The molecule has 22 heavy (non-hydrogen) atoms. The van der Waals surface area contributed by atoms with E-state index in [1.165, 1.54) is 0 Å². The zero-order valence-electron chi connectivity index (χ0n) is 13.2. The van der Waals surface area contributed by atoms with Crippen LogP contribution >= 0.6 is 0 Å². The smallest absolute Gasteiger partial charge is 0.242 e. The average molecular weight is 301 g/mol. The number of benzene rings is 1. The number of aliphatic hydroxyl groups excluding tert-OH is 1. The summed E-state index contributed by atoms with van der Waals surface area (Å²) in [6.07, 6.45) is 1.45. The highest BCUT2D eigenvalue weighted by atomic mass is 16.3. The summed E-state index contributed by atoms with van der Waals surface area (Å²) < 4.78 is 1.85. The van der Waals surface area contributed by atoms with Gasteiger partial charge in [0.25, 0.3) is 0 Å². The summed E-state index contributed by atoms with van der Waals surface area (Å²) in [6.45, 7) is 5.82. The monoisotopic (exact) mass is 301 g/mol. The van der Waals surface area contributed by atoms with Crippen LogP contribution in [0.1, 0.15) is 38.6 Å². The number of hydrogen-bond donors (Lipinski definition) is 1. The average Bonchev–Trinajstić information content (AvgIpc) is 2.87. The molecule has 0 spiro atoms. The van der Waals surface area contributed by atoms with E-state index in [9.17, 15) is 9.90 Å². The van der Waals surface area contributed by atoms with E-state index < -0.39 is 6.10 Å². The Labute approximate surface area is 130 Å². The third-order valence-electron chi connectivity index (χ3n) is 4.49. The van der Waals surface area contributed by atoms with Crippen molar-refractivity contribution < 1.29 is 9.90 Å². The number of para-hydroxylation sites is 2. The van der Waals surface area contributed by atoms with Gasteiger partial charge in [-0.05, 0) is 37.8 Å². The Morgan fingerprint density at radius 3 is 2.73 bits per heavy atom. The molecule has 1 saturated heterocycles. The van der Waals surface area contributed by atoms with Crippen LogP contribution in [-0.4, -0.2) is 38.6 Å². The predicted molar refractivity (Wildman–Crippen MR) is 85.3 cm³/mol. The zero-order chi connectivity index (χ0) is 15.7. The lowest BCUT2D eigenvalue weighted by Crippen LogP contribution is -2.40. The van der Waals surface area contributed by atoms with E-state index in [1.807, 2.05) is 33.7 Å². The lowest BCUT2D eigenvalue weighted by atomic mass is 9.99. The Balaban J connectivity index is 1.86. The maximum Gasteiger partial charge on any atom is 0.242 e. The normalized spacial score (nSPS) is 17.9. The number of fused-ring (bicyclic) bond motifs is 1. The van der Waals surface area contributed by atoms with Crippen LogP contribution in [0.4, 0.5) is 0 Å². The first-order valence-corrected chi connectivity index (χ1v) is 7.97. The second-order valence-corrected chi connectivity index (χ2v) is 6.28. The number of hydrogen-bond acceptors (Lipinski definition) is 3. The number of piperidine rings is 1. The van der Waals surface area contributed by atoms with Crippen molar-refractivity contribution in [2.24, 2.45) is 5.92 Å². The lowest BCUT2D eigenvalue weighted by molar-refractivity contribution is -0.133. The van der Waals surface area contributed by atoms with Gasteiger partial charge in [-0.2, -0.15) is 0 Å². The Morgan fingerprint density at radius 2 is 2.05 bits per heavy atom. The number of rotatable bonds is 3. The van der Waals surface area contributed by atoms with Crippen molar-refractivity contribution in [3.05, 3.63) is 30.1 Å². The van der Waals surface area contributed by atoms with Crippen LogP contribution in [0.15, 0.2) is 24.3 Å². The standard InChI is InChI=1S/C17H23N3O2/c1-12-7-9-19(10-8-12)16(22)11-20-15-6-4-3-5-14(15)18-17(20)13(2)21/h3-6,12-13,21H,7-11H2,1-2H3. The van der Waals surface area contributed by atoms with Gasteiger partial charge >= 0.3 is 0 Å². The van der Waals surface area contributed by atoms with Crippen LogP contribution < -0.4 is 0 Å². The third kappa shape index (κ3) is 2.86. The number of aromatic nitrogens is 2. The van der Waals surface area contributed by atoms with E-state index in [0.29, 0.717) is 11.7 Å². The largest absolute Gasteiger partial charge is 0.385 e. The highest BCUT2D eigenvalue weighted by Gasteiger charge is 2.23. The summed E-state index contributed by atoms with van der Waals surface area (Å²) in [5.41, 5.74) is 1.72. The maximum absolute atomic E-state index is 12.6. The summed E-state index contributed by atoms with van der Waals surface area (Å²) >= 11 is 0. The fourth-order valence-electron chi connectivity index (χ4n) is 3.07. The molecular weight excluding hydrogens is 278 g/mol. The number of nitrogens with zero attached hydrogens (tertiary/aromatic N) is 3. The number of carbonyl (C=O) groups excluding carboxylic acids is 1. The molecule has 5 heteroatoms.